The topological polar surface area (TPSA) is 97.1 Å². The van der Waals surface area contributed by atoms with Crippen LogP contribution in [0.1, 0.15) is 5.56 Å². The summed E-state index contributed by atoms with van der Waals surface area (Å²) in [6, 6.07) is 16.0. The SMILES string of the molecule is CNS(=O)(=O)c1ccc(CNc2noc(-c3ccccc3)n2)cc1. The number of benzene rings is 2. The molecule has 2 N–H and O–H groups in total. The molecule has 0 saturated carbocycles. The van der Waals surface area contributed by atoms with E-state index in [2.05, 4.69) is 20.2 Å². The van der Waals surface area contributed by atoms with E-state index in [0.29, 0.717) is 18.4 Å². The molecule has 0 aliphatic rings. The van der Waals surface area contributed by atoms with Crippen molar-refractivity contribution < 1.29 is 12.9 Å². The van der Waals surface area contributed by atoms with Gasteiger partial charge in [0.05, 0.1) is 4.90 Å². The molecule has 1 heterocycles. The fraction of sp³-hybridized carbons (Fsp3) is 0.125. The molecular weight excluding hydrogens is 328 g/mol. The van der Waals surface area contributed by atoms with Crippen molar-refractivity contribution >= 4 is 16.0 Å². The van der Waals surface area contributed by atoms with Gasteiger partial charge >= 0.3 is 0 Å². The highest BCUT2D eigenvalue weighted by Crippen LogP contribution is 2.18. The number of sulfonamides is 1. The summed E-state index contributed by atoms with van der Waals surface area (Å²) in [7, 11) is -2.04. The Morgan fingerprint density at radius 1 is 1.04 bits per heavy atom. The van der Waals surface area contributed by atoms with Crippen molar-refractivity contribution in [1.82, 2.24) is 14.9 Å². The van der Waals surface area contributed by atoms with Crippen LogP contribution in [0.3, 0.4) is 0 Å². The third kappa shape index (κ3) is 3.61. The number of hydrogen-bond donors (Lipinski definition) is 2. The maximum absolute atomic E-state index is 11.7. The molecule has 0 atom stereocenters. The molecule has 1 aromatic heterocycles. The van der Waals surface area contributed by atoms with Crippen LogP contribution in [-0.4, -0.2) is 25.6 Å². The van der Waals surface area contributed by atoms with E-state index < -0.39 is 10.0 Å². The van der Waals surface area contributed by atoms with E-state index in [1.54, 1.807) is 24.3 Å². The molecule has 7 nitrogen and oxygen atoms in total. The second kappa shape index (κ2) is 6.81. The third-order valence-corrected chi connectivity index (χ3v) is 4.83. The first-order valence-electron chi connectivity index (χ1n) is 7.24. The average Bonchev–Trinajstić information content (AvgIpc) is 3.10. The molecule has 0 saturated heterocycles. The molecule has 124 valence electrons. The Labute approximate surface area is 139 Å². The molecule has 0 radical (unpaired) electrons. The van der Waals surface area contributed by atoms with Crippen LogP contribution >= 0.6 is 0 Å². The summed E-state index contributed by atoms with van der Waals surface area (Å²) >= 11 is 0. The van der Waals surface area contributed by atoms with E-state index in [1.165, 1.54) is 7.05 Å². The molecule has 0 unspecified atom stereocenters. The Hall–Kier alpha value is -2.71. The van der Waals surface area contributed by atoms with Crippen LogP contribution in [0.25, 0.3) is 11.5 Å². The minimum atomic E-state index is -3.42. The second-order valence-electron chi connectivity index (χ2n) is 4.99. The van der Waals surface area contributed by atoms with E-state index in [-0.39, 0.29) is 4.90 Å². The van der Waals surface area contributed by atoms with Gasteiger partial charge in [-0.3, -0.25) is 0 Å². The van der Waals surface area contributed by atoms with Gasteiger partial charge in [0.15, 0.2) is 0 Å². The maximum atomic E-state index is 11.7. The fourth-order valence-electron chi connectivity index (χ4n) is 2.08. The van der Waals surface area contributed by atoms with E-state index in [0.717, 1.165) is 11.1 Å². The zero-order valence-corrected chi connectivity index (χ0v) is 13.7. The summed E-state index contributed by atoms with van der Waals surface area (Å²) < 4.78 is 30.8. The molecule has 0 fully saturated rings. The van der Waals surface area contributed by atoms with Crippen LogP contribution < -0.4 is 10.0 Å². The van der Waals surface area contributed by atoms with Gasteiger partial charge in [-0.2, -0.15) is 4.98 Å². The summed E-state index contributed by atoms with van der Waals surface area (Å²) in [6.07, 6.45) is 0. The maximum Gasteiger partial charge on any atom is 0.264 e. The summed E-state index contributed by atoms with van der Waals surface area (Å²) in [5.74, 6) is 0.814. The van der Waals surface area contributed by atoms with Gasteiger partial charge in [-0.1, -0.05) is 30.3 Å². The Kier molecular flexibility index (Phi) is 4.59. The average molecular weight is 344 g/mol. The zero-order valence-electron chi connectivity index (χ0n) is 12.9. The minimum absolute atomic E-state index is 0.222. The molecule has 3 rings (SSSR count). The first kappa shape index (κ1) is 16.2. The zero-order chi connectivity index (χ0) is 17.0. The molecule has 0 aliphatic heterocycles. The van der Waals surface area contributed by atoms with Gasteiger partial charge in [0.25, 0.3) is 11.8 Å². The van der Waals surface area contributed by atoms with Gasteiger partial charge in [-0.15, -0.1) is 0 Å². The van der Waals surface area contributed by atoms with Crippen LogP contribution in [-0.2, 0) is 16.6 Å². The van der Waals surface area contributed by atoms with Crippen LogP contribution in [0.15, 0.2) is 64.0 Å². The van der Waals surface area contributed by atoms with Crippen molar-refractivity contribution in [2.24, 2.45) is 0 Å². The van der Waals surface area contributed by atoms with Crippen LogP contribution in [0.4, 0.5) is 5.95 Å². The lowest BCUT2D eigenvalue weighted by atomic mass is 10.2. The molecule has 2 aromatic carbocycles. The standard InChI is InChI=1S/C16H16N4O3S/c1-17-24(21,22)14-9-7-12(8-10-14)11-18-16-19-15(23-20-16)13-5-3-2-4-6-13/h2-10,17H,11H2,1H3,(H,18,20). The van der Waals surface area contributed by atoms with Crippen molar-refractivity contribution in [3.05, 3.63) is 60.2 Å². The number of nitrogens with one attached hydrogen (secondary N) is 2. The quantitative estimate of drug-likeness (QED) is 0.712. The Morgan fingerprint density at radius 3 is 2.42 bits per heavy atom. The lowest BCUT2D eigenvalue weighted by Crippen LogP contribution is -2.18. The van der Waals surface area contributed by atoms with Gasteiger partial charge in [0.1, 0.15) is 0 Å². The van der Waals surface area contributed by atoms with Crippen molar-refractivity contribution in [3.63, 3.8) is 0 Å². The first-order chi connectivity index (χ1) is 11.6. The van der Waals surface area contributed by atoms with Crippen molar-refractivity contribution in [2.45, 2.75) is 11.4 Å². The predicted octanol–water partition coefficient (Wildman–Crippen LogP) is 2.26. The Morgan fingerprint density at radius 2 is 1.75 bits per heavy atom. The van der Waals surface area contributed by atoms with Crippen LogP contribution in [0.5, 0.6) is 0 Å². The monoisotopic (exact) mass is 344 g/mol. The Balaban J connectivity index is 1.65. The molecule has 0 amide bonds. The van der Waals surface area contributed by atoms with E-state index >= 15 is 0 Å². The molecule has 3 aromatic rings. The van der Waals surface area contributed by atoms with Crippen molar-refractivity contribution in [3.8, 4) is 11.5 Å². The van der Waals surface area contributed by atoms with E-state index in [9.17, 15) is 8.42 Å². The third-order valence-electron chi connectivity index (χ3n) is 3.40. The molecule has 8 heteroatoms. The second-order valence-corrected chi connectivity index (χ2v) is 6.88. The van der Waals surface area contributed by atoms with Gasteiger partial charge in [-0.05, 0) is 42.0 Å². The van der Waals surface area contributed by atoms with Crippen molar-refractivity contribution in [2.75, 3.05) is 12.4 Å². The minimum Gasteiger partial charge on any atom is -0.347 e. The summed E-state index contributed by atoms with van der Waals surface area (Å²) in [5, 5.41) is 6.92. The summed E-state index contributed by atoms with van der Waals surface area (Å²) in [6.45, 7) is 0.452. The molecule has 0 bridgehead atoms. The Bertz CT molecular complexity index is 906. The highest BCUT2D eigenvalue weighted by molar-refractivity contribution is 7.89. The van der Waals surface area contributed by atoms with Crippen LogP contribution in [0, 0.1) is 0 Å². The molecule has 24 heavy (non-hydrogen) atoms. The lowest BCUT2D eigenvalue weighted by molar-refractivity contribution is 0.432. The molecule has 0 aliphatic carbocycles. The summed E-state index contributed by atoms with van der Waals surface area (Å²) in [4.78, 5) is 4.49. The largest absolute Gasteiger partial charge is 0.347 e. The normalized spacial score (nSPS) is 11.4. The molecular formula is C16H16N4O3S. The number of aromatic nitrogens is 2. The number of anilines is 1. The number of rotatable bonds is 6. The summed E-state index contributed by atoms with van der Waals surface area (Å²) in [5.41, 5.74) is 1.75. The predicted molar refractivity (Wildman–Crippen MR) is 89.7 cm³/mol. The van der Waals surface area contributed by atoms with Crippen LogP contribution in [0.2, 0.25) is 0 Å². The van der Waals surface area contributed by atoms with E-state index in [1.807, 2.05) is 30.3 Å². The number of hydrogen-bond acceptors (Lipinski definition) is 6. The highest BCUT2D eigenvalue weighted by atomic mass is 32.2. The van der Waals surface area contributed by atoms with Gasteiger partial charge < -0.3 is 9.84 Å². The highest BCUT2D eigenvalue weighted by Gasteiger charge is 2.11. The van der Waals surface area contributed by atoms with Gasteiger partial charge in [0.2, 0.25) is 10.0 Å². The fourth-order valence-corrected chi connectivity index (χ4v) is 2.81. The van der Waals surface area contributed by atoms with E-state index in [4.69, 9.17) is 4.52 Å². The smallest absolute Gasteiger partial charge is 0.264 e. The van der Waals surface area contributed by atoms with Gasteiger partial charge in [-0.25, -0.2) is 13.1 Å². The van der Waals surface area contributed by atoms with Crippen molar-refractivity contribution in [1.29, 1.82) is 0 Å². The lowest BCUT2D eigenvalue weighted by Gasteiger charge is -2.05. The van der Waals surface area contributed by atoms with Gasteiger partial charge in [0, 0.05) is 12.1 Å². The first-order valence-corrected chi connectivity index (χ1v) is 8.72. The number of nitrogens with zero attached hydrogens (tertiary/aromatic N) is 2. The molecule has 0 spiro atoms.